The molecule has 1 aliphatic rings. The van der Waals surface area contributed by atoms with E-state index >= 15 is 0 Å². The van der Waals surface area contributed by atoms with Crippen LogP contribution in [0.3, 0.4) is 0 Å². The molecule has 1 atom stereocenters. The number of cyclic esters (lactones) is 1. The van der Waals surface area contributed by atoms with Crippen LogP contribution in [-0.4, -0.2) is 18.9 Å². The summed E-state index contributed by atoms with van der Waals surface area (Å²) in [5, 5.41) is 0. The summed E-state index contributed by atoms with van der Waals surface area (Å²) in [5.41, 5.74) is 0.815. The number of esters is 1. The number of benzene rings is 1. The van der Waals surface area contributed by atoms with Gasteiger partial charge in [-0.2, -0.15) is 0 Å². The number of hydrogen-bond acceptors (Lipinski definition) is 4. The molecule has 0 bridgehead atoms. The Balaban J connectivity index is 2.17. The van der Waals surface area contributed by atoms with E-state index in [2.05, 4.69) is 0 Å². The molecule has 1 saturated heterocycles. The van der Waals surface area contributed by atoms with E-state index in [1.54, 1.807) is 31.4 Å². The van der Waals surface area contributed by atoms with Crippen LogP contribution in [0.2, 0.25) is 0 Å². The van der Waals surface area contributed by atoms with Crippen LogP contribution >= 0.6 is 0 Å². The van der Waals surface area contributed by atoms with E-state index in [0.29, 0.717) is 0 Å². The van der Waals surface area contributed by atoms with Gasteiger partial charge in [-0.15, -0.1) is 0 Å². The molecule has 4 heteroatoms. The Labute approximate surface area is 86.8 Å². The minimum atomic E-state index is -0.740. The molecule has 1 aliphatic heterocycles. The monoisotopic (exact) mass is 206 g/mol. The molecule has 0 amide bonds. The second-order valence-electron chi connectivity index (χ2n) is 3.29. The first-order valence-electron chi connectivity index (χ1n) is 4.58. The topological polar surface area (TPSA) is 52.6 Å². The SMILES string of the molecule is COc1ccc(C2CC(=O)C(=O)O2)cc1. The van der Waals surface area contributed by atoms with Gasteiger partial charge >= 0.3 is 5.97 Å². The van der Waals surface area contributed by atoms with Gasteiger partial charge < -0.3 is 9.47 Å². The fourth-order valence-electron chi connectivity index (χ4n) is 1.49. The molecule has 1 aromatic rings. The molecular formula is C11H10O4. The van der Waals surface area contributed by atoms with Gasteiger partial charge in [0.25, 0.3) is 0 Å². The van der Waals surface area contributed by atoms with E-state index in [1.807, 2.05) is 0 Å². The Hall–Kier alpha value is -1.84. The zero-order valence-electron chi connectivity index (χ0n) is 8.23. The molecule has 1 fully saturated rings. The van der Waals surface area contributed by atoms with Gasteiger partial charge in [-0.25, -0.2) is 4.79 Å². The highest BCUT2D eigenvalue weighted by Gasteiger charge is 2.33. The van der Waals surface area contributed by atoms with E-state index in [4.69, 9.17) is 9.47 Å². The van der Waals surface area contributed by atoms with Crippen molar-refractivity contribution in [3.8, 4) is 5.75 Å². The van der Waals surface area contributed by atoms with Gasteiger partial charge in [0.1, 0.15) is 11.9 Å². The molecule has 0 aromatic heterocycles. The zero-order chi connectivity index (χ0) is 10.8. The van der Waals surface area contributed by atoms with Gasteiger partial charge in [0.05, 0.1) is 13.5 Å². The van der Waals surface area contributed by atoms with Crippen LogP contribution < -0.4 is 4.74 Å². The van der Waals surface area contributed by atoms with Crippen molar-refractivity contribution in [1.29, 1.82) is 0 Å². The Morgan fingerprint density at radius 1 is 1.27 bits per heavy atom. The van der Waals surface area contributed by atoms with Crippen LogP contribution in [-0.2, 0) is 14.3 Å². The maximum absolute atomic E-state index is 11.0. The number of methoxy groups -OCH3 is 1. The van der Waals surface area contributed by atoms with Crippen molar-refractivity contribution >= 4 is 11.8 Å². The van der Waals surface area contributed by atoms with E-state index in [1.165, 1.54) is 0 Å². The Morgan fingerprint density at radius 3 is 2.40 bits per heavy atom. The lowest BCUT2D eigenvalue weighted by Gasteiger charge is -2.08. The number of ether oxygens (including phenoxy) is 2. The van der Waals surface area contributed by atoms with Gasteiger partial charge in [0, 0.05) is 0 Å². The van der Waals surface area contributed by atoms with Crippen molar-refractivity contribution in [2.45, 2.75) is 12.5 Å². The summed E-state index contributed by atoms with van der Waals surface area (Å²) < 4.78 is 9.90. The summed E-state index contributed by atoms with van der Waals surface area (Å²) in [7, 11) is 1.58. The molecular weight excluding hydrogens is 196 g/mol. The molecule has 78 valence electrons. The van der Waals surface area contributed by atoms with E-state index in [-0.39, 0.29) is 6.42 Å². The van der Waals surface area contributed by atoms with Gasteiger partial charge in [0.2, 0.25) is 5.78 Å². The smallest absolute Gasteiger partial charge is 0.375 e. The molecule has 0 spiro atoms. The van der Waals surface area contributed by atoms with Crippen LogP contribution in [0.15, 0.2) is 24.3 Å². The fraction of sp³-hybridized carbons (Fsp3) is 0.273. The van der Waals surface area contributed by atoms with E-state index < -0.39 is 17.9 Å². The second-order valence-corrected chi connectivity index (χ2v) is 3.29. The summed E-state index contributed by atoms with van der Waals surface area (Å²) in [6, 6.07) is 7.11. The van der Waals surface area contributed by atoms with Crippen LogP contribution in [0.4, 0.5) is 0 Å². The van der Waals surface area contributed by atoms with Crippen molar-refractivity contribution in [2.24, 2.45) is 0 Å². The maximum Gasteiger partial charge on any atom is 0.375 e. The molecule has 2 rings (SSSR count). The average molecular weight is 206 g/mol. The first-order chi connectivity index (χ1) is 7.20. The molecule has 0 radical (unpaired) electrons. The van der Waals surface area contributed by atoms with Crippen molar-refractivity contribution in [2.75, 3.05) is 7.11 Å². The average Bonchev–Trinajstić information content (AvgIpc) is 2.59. The highest BCUT2D eigenvalue weighted by atomic mass is 16.6. The van der Waals surface area contributed by atoms with Gasteiger partial charge in [-0.3, -0.25) is 4.79 Å². The van der Waals surface area contributed by atoms with Crippen molar-refractivity contribution in [3.63, 3.8) is 0 Å². The Morgan fingerprint density at radius 2 is 1.93 bits per heavy atom. The van der Waals surface area contributed by atoms with E-state index in [0.717, 1.165) is 11.3 Å². The highest BCUT2D eigenvalue weighted by molar-refractivity contribution is 6.35. The molecule has 0 N–H and O–H groups in total. The minimum Gasteiger partial charge on any atom is -0.497 e. The highest BCUT2D eigenvalue weighted by Crippen LogP contribution is 2.28. The lowest BCUT2D eigenvalue weighted by Crippen LogP contribution is -2.03. The standard InChI is InChI=1S/C11H10O4/c1-14-8-4-2-7(3-5-8)10-6-9(12)11(13)15-10/h2-5,10H,6H2,1H3. The number of Topliss-reactive ketones (excluding diaryl/α,β-unsaturated/α-hetero) is 1. The van der Waals surface area contributed by atoms with Crippen LogP contribution in [0, 0.1) is 0 Å². The third-order valence-electron chi connectivity index (χ3n) is 2.34. The van der Waals surface area contributed by atoms with Crippen LogP contribution in [0.25, 0.3) is 0 Å². The molecule has 1 heterocycles. The first-order valence-corrected chi connectivity index (χ1v) is 4.58. The summed E-state index contributed by atoms with van der Waals surface area (Å²) in [6.45, 7) is 0. The van der Waals surface area contributed by atoms with Crippen LogP contribution in [0.5, 0.6) is 5.75 Å². The Kier molecular flexibility index (Phi) is 2.41. The number of hydrogen-bond donors (Lipinski definition) is 0. The third-order valence-corrected chi connectivity index (χ3v) is 2.34. The van der Waals surface area contributed by atoms with Crippen molar-refractivity contribution < 1.29 is 19.1 Å². The van der Waals surface area contributed by atoms with Gasteiger partial charge in [-0.05, 0) is 17.7 Å². The van der Waals surface area contributed by atoms with Crippen LogP contribution in [0.1, 0.15) is 18.1 Å². The normalized spacial score (nSPS) is 20.2. The van der Waals surface area contributed by atoms with Gasteiger partial charge in [0.15, 0.2) is 0 Å². The second kappa shape index (κ2) is 3.73. The summed E-state index contributed by atoms with van der Waals surface area (Å²) >= 11 is 0. The number of carbonyl (C=O) groups excluding carboxylic acids is 2. The Bertz CT molecular complexity index is 378. The largest absolute Gasteiger partial charge is 0.497 e. The molecule has 0 aliphatic carbocycles. The van der Waals surface area contributed by atoms with Crippen molar-refractivity contribution in [3.05, 3.63) is 29.8 Å². The molecule has 4 nitrogen and oxygen atoms in total. The van der Waals surface area contributed by atoms with Gasteiger partial charge in [-0.1, -0.05) is 12.1 Å². The molecule has 0 saturated carbocycles. The number of rotatable bonds is 2. The summed E-state index contributed by atoms with van der Waals surface area (Å²) in [6.07, 6.45) is -0.304. The maximum atomic E-state index is 11.0. The predicted molar refractivity (Wildman–Crippen MR) is 51.5 cm³/mol. The predicted octanol–water partition coefficient (Wildman–Crippen LogP) is 1.25. The zero-order valence-corrected chi connectivity index (χ0v) is 8.23. The quantitative estimate of drug-likeness (QED) is 0.539. The lowest BCUT2D eigenvalue weighted by molar-refractivity contribution is -0.149. The molecule has 1 unspecified atom stereocenters. The third kappa shape index (κ3) is 1.83. The van der Waals surface area contributed by atoms with Crippen molar-refractivity contribution in [1.82, 2.24) is 0 Å². The first kappa shape index (κ1) is 9.71. The lowest BCUT2D eigenvalue weighted by atomic mass is 10.1. The minimum absolute atomic E-state index is 0.130. The number of carbonyl (C=O) groups is 2. The molecule has 1 aromatic carbocycles. The summed E-state index contributed by atoms with van der Waals surface area (Å²) in [5.74, 6) is -0.471. The fourth-order valence-corrected chi connectivity index (χ4v) is 1.49. The van der Waals surface area contributed by atoms with E-state index in [9.17, 15) is 9.59 Å². The summed E-state index contributed by atoms with van der Waals surface area (Å²) in [4.78, 5) is 21.9. The molecule has 15 heavy (non-hydrogen) atoms. The number of ketones is 1.